The first-order valence-electron chi connectivity index (χ1n) is 5.46. The van der Waals surface area contributed by atoms with E-state index in [2.05, 4.69) is 32.0 Å². The lowest BCUT2D eigenvalue weighted by Crippen LogP contribution is -2.33. The van der Waals surface area contributed by atoms with Gasteiger partial charge in [0.25, 0.3) is 0 Å². The Morgan fingerprint density at radius 3 is 2.82 bits per heavy atom. The average Bonchev–Trinajstić information content (AvgIpc) is 2.86. The van der Waals surface area contributed by atoms with Gasteiger partial charge in [-0.15, -0.1) is 11.3 Å². The summed E-state index contributed by atoms with van der Waals surface area (Å²) in [4.78, 5) is 8.81. The molecule has 0 spiro atoms. The van der Waals surface area contributed by atoms with Crippen LogP contribution in [-0.2, 0) is 5.41 Å². The van der Waals surface area contributed by atoms with Gasteiger partial charge in [-0.3, -0.25) is 0 Å². The Balaban J connectivity index is 1.96. The molecule has 0 aliphatic heterocycles. The van der Waals surface area contributed by atoms with Gasteiger partial charge < -0.3 is 4.98 Å². The molecule has 3 nitrogen and oxygen atoms in total. The van der Waals surface area contributed by atoms with Gasteiger partial charge in [0.05, 0.1) is 26.6 Å². The standard InChI is InChI=1S/C12H10BrN3S/c13-10-3-2-9(17-10)8-6-15-11(16-8)12(7-14)4-1-5-12/h2-3,6H,1,4-5H2,(H,15,16). The van der Waals surface area contributed by atoms with E-state index in [9.17, 15) is 5.26 Å². The fourth-order valence-electron chi connectivity index (χ4n) is 2.08. The maximum absolute atomic E-state index is 9.26. The summed E-state index contributed by atoms with van der Waals surface area (Å²) in [5.41, 5.74) is 0.643. The third kappa shape index (κ3) is 1.72. The minimum atomic E-state index is -0.354. The van der Waals surface area contributed by atoms with E-state index in [-0.39, 0.29) is 5.41 Å². The highest BCUT2D eigenvalue weighted by Gasteiger charge is 2.41. The molecule has 2 aromatic heterocycles. The molecule has 0 unspecified atom stereocenters. The minimum Gasteiger partial charge on any atom is -0.340 e. The van der Waals surface area contributed by atoms with E-state index in [0.717, 1.165) is 39.4 Å². The topological polar surface area (TPSA) is 52.5 Å². The SMILES string of the molecule is N#CC1(c2ncc(-c3ccc(Br)s3)[nH]2)CCC1. The van der Waals surface area contributed by atoms with Gasteiger partial charge in [0.15, 0.2) is 0 Å². The van der Waals surface area contributed by atoms with Crippen molar-refractivity contribution in [3.05, 3.63) is 27.9 Å². The van der Waals surface area contributed by atoms with Crippen molar-refractivity contribution in [2.75, 3.05) is 0 Å². The number of hydrogen-bond donors (Lipinski definition) is 1. The zero-order valence-electron chi connectivity index (χ0n) is 9.03. The summed E-state index contributed by atoms with van der Waals surface area (Å²) in [6, 6.07) is 6.47. The number of nitrogens with zero attached hydrogens (tertiary/aromatic N) is 2. The van der Waals surface area contributed by atoms with E-state index in [1.165, 1.54) is 0 Å². The van der Waals surface area contributed by atoms with Crippen molar-refractivity contribution in [3.63, 3.8) is 0 Å². The normalized spacial score (nSPS) is 17.4. The number of imidazole rings is 1. The highest BCUT2D eigenvalue weighted by atomic mass is 79.9. The third-order valence-corrected chi connectivity index (χ3v) is 4.95. The lowest BCUT2D eigenvalue weighted by atomic mass is 9.69. The molecule has 0 saturated heterocycles. The van der Waals surface area contributed by atoms with Crippen molar-refractivity contribution in [2.45, 2.75) is 24.7 Å². The van der Waals surface area contributed by atoms with Crippen LogP contribution in [0.3, 0.4) is 0 Å². The smallest absolute Gasteiger partial charge is 0.127 e. The summed E-state index contributed by atoms with van der Waals surface area (Å²) < 4.78 is 1.10. The first kappa shape index (κ1) is 11.0. The van der Waals surface area contributed by atoms with Crippen molar-refractivity contribution >= 4 is 27.3 Å². The number of halogens is 1. The van der Waals surface area contributed by atoms with Gasteiger partial charge in [0.2, 0.25) is 0 Å². The number of hydrogen-bond acceptors (Lipinski definition) is 3. The van der Waals surface area contributed by atoms with E-state index >= 15 is 0 Å². The maximum Gasteiger partial charge on any atom is 0.127 e. The van der Waals surface area contributed by atoms with Crippen molar-refractivity contribution in [2.24, 2.45) is 0 Å². The highest BCUT2D eigenvalue weighted by Crippen LogP contribution is 2.42. The van der Waals surface area contributed by atoms with Crippen LogP contribution >= 0.6 is 27.3 Å². The van der Waals surface area contributed by atoms with E-state index in [1.807, 2.05) is 18.3 Å². The molecular weight excluding hydrogens is 298 g/mol. The second-order valence-electron chi connectivity index (χ2n) is 4.30. The van der Waals surface area contributed by atoms with Gasteiger partial charge in [-0.2, -0.15) is 5.26 Å². The zero-order valence-corrected chi connectivity index (χ0v) is 11.4. The monoisotopic (exact) mass is 307 g/mol. The Morgan fingerprint density at radius 2 is 2.29 bits per heavy atom. The zero-order chi connectivity index (χ0) is 11.9. The fourth-order valence-corrected chi connectivity index (χ4v) is 3.43. The summed E-state index contributed by atoms with van der Waals surface area (Å²) in [6.45, 7) is 0. The first-order chi connectivity index (χ1) is 8.23. The Hall–Kier alpha value is -1.12. The van der Waals surface area contributed by atoms with Gasteiger partial charge in [0.1, 0.15) is 11.2 Å². The molecule has 0 amide bonds. The van der Waals surface area contributed by atoms with Crippen LogP contribution in [0.2, 0.25) is 0 Å². The van der Waals surface area contributed by atoms with Crippen LogP contribution in [0.1, 0.15) is 25.1 Å². The maximum atomic E-state index is 9.26. The molecule has 2 aromatic rings. The average molecular weight is 308 g/mol. The summed E-state index contributed by atoms with van der Waals surface area (Å²) in [5.74, 6) is 0.825. The van der Waals surface area contributed by atoms with Crippen LogP contribution < -0.4 is 0 Å². The largest absolute Gasteiger partial charge is 0.340 e. The Kier molecular flexibility index (Phi) is 2.57. The number of aromatic amines is 1. The molecule has 0 atom stereocenters. The highest BCUT2D eigenvalue weighted by molar-refractivity contribution is 9.11. The number of aromatic nitrogens is 2. The molecule has 17 heavy (non-hydrogen) atoms. The van der Waals surface area contributed by atoms with Crippen LogP contribution in [0.15, 0.2) is 22.1 Å². The molecule has 2 heterocycles. The number of rotatable bonds is 2. The molecule has 1 saturated carbocycles. The summed E-state index contributed by atoms with van der Waals surface area (Å²) in [6.07, 6.45) is 4.79. The second kappa shape index (κ2) is 3.97. The molecule has 86 valence electrons. The van der Waals surface area contributed by atoms with Gasteiger partial charge >= 0.3 is 0 Å². The molecule has 1 aliphatic carbocycles. The van der Waals surface area contributed by atoms with Crippen molar-refractivity contribution < 1.29 is 0 Å². The van der Waals surface area contributed by atoms with Crippen molar-refractivity contribution in [1.29, 1.82) is 5.26 Å². The number of thiophene rings is 1. The van der Waals surface area contributed by atoms with Gasteiger partial charge in [0, 0.05) is 0 Å². The van der Waals surface area contributed by atoms with Gasteiger partial charge in [-0.25, -0.2) is 4.98 Å². The first-order valence-corrected chi connectivity index (χ1v) is 7.07. The van der Waals surface area contributed by atoms with E-state index in [4.69, 9.17) is 0 Å². The molecule has 1 N–H and O–H groups in total. The van der Waals surface area contributed by atoms with E-state index in [0.29, 0.717) is 0 Å². The Labute approximate surface area is 112 Å². The van der Waals surface area contributed by atoms with Crippen LogP contribution in [0.25, 0.3) is 10.6 Å². The van der Waals surface area contributed by atoms with Gasteiger partial charge in [-0.1, -0.05) is 0 Å². The molecule has 1 aliphatic rings. The Bertz CT molecular complexity index is 589. The second-order valence-corrected chi connectivity index (χ2v) is 6.76. The summed E-state index contributed by atoms with van der Waals surface area (Å²) >= 11 is 5.11. The lowest BCUT2D eigenvalue weighted by Gasteiger charge is -2.32. The molecule has 1 fully saturated rings. The lowest BCUT2D eigenvalue weighted by molar-refractivity contribution is 0.309. The van der Waals surface area contributed by atoms with Crippen molar-refractivity contribution in [3.8, 4) is 16.6 Å². The summed E-state index contributed by atoms with van der Waals surface area (Å²) in [5, 5.41) is 9.26. The van der Waals surface area contributed by atoms with E-state index in [1.54, 1.807) is 11.3 Å². The number of nitrogens with one attached hydrogen (secondary N) is 1. The number of nitriles is 1. The van der Waals surface area contributed by atoms with Crippen LogP contribution in [0, 0.1) is 11.3 Å². The number of H-pyrrole nitrogens is 1. The molecule has 5 heteroatoms. The molecule has 0 radical (unpaired) electrons. The van der Waals surface area contributed by atoms with Crippen LogP contribution in [-0.4, -0.2) is 9.97 Å². The van der Waals surface area contributed by atoms with Gasteiger partial charge in [-0.05, 0) is 47.3 Å². The van der Waals surface area contributed by atoms with Crippen molar-refractivity contribution in [1.82, 2.24) is 9.97 Å². The van der Waals surface area contributed by atoms with Crippen LogP contribution in [0.4, 0.5) is 0 Å². The summed E-state index contributed by atoms with van der Waals surface area (Å²) in [7, 11) is 0. The molecule has 0 aromatic carbocycles. The quantitative estimate of drug-likeness (QED) is 0.916. The molecule has 3 rings (SSSR count). The van der Waals surface area contributed by atoms with E-state index < -0.39 is 0 Å². The predicted molar refractivity (Wildman–Crippen MR) is 70.7 cm³/mol. The third-order valence-electron chi connectivity index (χ3n) is 3.29. The molecular formula is C12H10BrN3S. The fraction of sp³-hybridized carbons (Fsp3) is 0.333. The minimum absolute atomic E-state index is 0.354. The van der Waals surface area contributed by atoms with Crippen LogP contribution in [0.5, 0.6) is 0 Å². The predicted octanol–water partition coefficient (Wildman–Crippen LogP) is 3.85. The molecule has 0 bridgehead atoms. The Morgan fingerprint density at radius 1 is 1.47 bits per heavy atom.